The number of carbonyl (C=O) groups is 1. The van der Waals surface area contributed by atoms with E-state index in [2.05, 4.69) is 41.8 Å². The van der Waals surface area contributed by atoms with Crippen LogP contribution in [0.3, 0.4) is 0 Å². The molecular formula is C33H30FN7O2. The van der Waals surface area contributed by atoms with E-state index in [9.17, 15) is 9.18 Å². The van der Waals surface area contributed by atoms with Crippen LogP contribution in [-0.2, 0) is 4.79 Å². The average Bonchev–Trinajstić information content (AvgIpc) is 3.65. The first-order valence-corrected chi connectivity index (χ1v) is 14.3. The van der Waals surface area contributed by atoms with Gasteiger partial charge in [-0.25, -0.2) is 4.39 Å². The normalized spacial score (nSPS) is 13.9. The van der Waals surface area contributed by atoms with Gasteiger partial charge < -0.3 is 20.4 Å². The van der Waals surface area contributed by atoms with E-state index in [4.69, 9.17) is 4.74 Å². The van der Waals surface area contributed by atoms with Gasteiger partial charge in [0.15, 0.2) is 0 Å². The standard InChI is InChI=1S/C33H30FN7O2/c1-43-25-11-21(9-23(34)13-25)28-17-37-18-31-26(28)14-30(39-31)33-27-12-20(2-3-29(27)40-41-33)22-10-24(16-36-15-22)38-32(42)8-19-4-6-35-7-5-19/h2-3,9-19,35,39H,4-8H2,1H3,(H,38,42)(H,40,41). The number of anilines is 1. The molecule has 1 aliphatic heterocycles. The van der Waals surface area contributed by atoms with Gasteiger partial charge in [0.05, 0.1) is 41.9 Å². The zero-order chi connectivity index (χ0) is 29.3. The number of rotatable bonds is 7. The number of fused-ring (bicyclic) bond motifs is 2. The monoisotopic (exact) mass is 575 g/mol. The van der Waals surface area contributed by atoms with Crippen molar-refractivity contribution in [2.24, 2.45) is 5.92 Å². The van der Waals surface area contributed by atoms with Crippen molar-refractivity contribution in [3.05, 3.63) is 79.1 Å². The zero-order valence-corrected chi connectivity index (χ0v) is 23.6. The minimum absolute atomic E-state index is 0.0165. The summed E-state index contributed by atoms with van der Waals surface area (Å²) in [6.07, 6.45) is 9.49. The SMILES string of the molecule is COc1cc(F)cc(-c2cncc3[nH]c(-c4n[nH]c5ccc(-c6cncc(NC(=O)CC7CCNCC7)c6)cc45)cc23)c1. The summed E-state index contributed by atoms with van der Waals surface area (Å²) in [5.41, 5.74) is 7.19. The third-order valence-corrected chi connectivity index (χ3v) is 8.07. The van der Waals surface area contributed by atoms with Crippen LogP contribution in [0.5, 0.6) is 5.75 Å². The highest BCUT2D eigenvalue weighted by Crippen LogP contribution is 2.36. The molecule has 6 aromatic rings. The Morgan fingerprint density at radius 3 is 2.65 bits per heavy atom. The molecule has 0 aliphatic carbocycles. The summed E-state index contributed by atoms with van der Waals surface area (Å²) < 4.78 is 19.6. The number of nitrogens with zero attached hydrogens (tertiary/aromatic N) is 3. The maximum Gasteiger partial charge on any atom is 0.224 e. The maximum absolute atomic E-state index is 14.3. The summed E-state index contributed by atoms with van der Waals surface area (Å²) in [6.45, 7) is 1.93. The molecule has 9 nitrogen and oxygen atoms in total. The molecule has 7 rings (SSSR count). The second-order valence-electron chi connectivity index (χ2n) is 11.0. The fourth-order valence-corrected chi connectivity index (χ4v) is 5.87. The molecule has 1 aliphatic rings. The number of amides is 1. The summed E-state index contributed by atoms with van der Waals surface area (Å²) >= 11 is 0. The summed E-state index contributed by atoms with van der Waals surface area (Å²) in [6, 6.07) is 14.6. The van der Waals surface area contributed by atoms with Crippen LogP contribution >= 0.6 is 0 Å². The first-order valence-electron chi connectivity index (χ1n) is 14.3. The topological polar surface area (TPSA) is 121 Å². The molecule has 2 aromatic carbocycles. The number of hydrogen-bond donors (Lipinski definition) is 4. The second kappa shape index (κ2) is 11.3. The number of methoxy groups -OCH3 is 1. The quantitative estimate of drug-likeness (QED) is 0.177. The molecule has 4 N–H and O–H groups in total. The van der Waals surface area contributed by atoms with Crippen LogP contribution in [0.4, 0.5) is 10.1 Å². The Labute approximate surface area is 246 Å². The van der Waals surface area contributed by atoms with Gasteiger partial charge in [0.25, 0.3) is 0 Å². The Morgan fingerprint density at radius 2 is 1.79 bits per heavy atom. The number of hydrogen-bond acceptors (Lipinski definition) is 6. The number of aromatic amines is 2. The lowest BCUT2D eigenvalue weighted by Gasteiger charge is -2.21. The molecule has 0 saturated carbocycles. The van der Waals surface area contributed by atoms with Crippen molar-refractivity contribution in [3.8, 4) is 39.4 Å². The molecule has 5 heterocycles. The van der Waals surface area contributed by atoms with Crippen molar-refractivity contribution in [1.29, 1.82) is 0 Å². The van der Waals surface area contributed by atoms with E-state index in [1.165, 1.54) is 19.2 Å². The highest BCUT2D eigenvalue weighted by Gasteiger charge is 2.18. The second-order valence-corrected chi connectivity index (χ2v) is 11.0. The van der Waals surface area contributed by atoms with Crippen LogP contribution in [-0.4, -0.2) is 51.3 Å². The molecule has 0 unspecified atom stereocenters. The number of halogens is 1. The lowest BCUT2D eigenvalue weighted by atomic mass is 9.94. The molecule has 0 bridgehead atoms. The van der Waals surface area contributed by atoms with Crippen molar-refractivity contribution in [2.45, 2.75) is 19.3 Å². The van der Waals surface area contributed by atoms with E-state index < -0.39 is 0 Å². The average molecular weight is 576 g/mol. The van der Waals surface area contributed by atoms with Gasteiger partial charge in [-0.2, -0.15) is 5.10 Å². The Hall–Kier alpha value is -5.09. The summed E-state index contributed by atoms with van der Waals surface area (Å²) in [4.78, 5) is 24.9. The number of aromatic nitrogens is 5. The Kier molecular flexibility index (Phi) is 7.04. The molecule has 10 heteroatoms. The summed E-state index contributed by atoms with van der Waals surface area (Å²) in [5, 5.41) is 15.9. The third kappa shape index (κ3) is 5.44. The third-order valence-electron chi connectivity index (χ3n) is 8.07. The number of benzene rings is 2. The minimum atomic E-state index is -0.382. The number of ether oxygens (including phenoxy) is 1. The van der Waals surface area contributed by atoms with E-state index >= 15 is 0 Å². The maximum atomic E-state index is 14.3. The molecule has 0 radical (unpaired) electrons. The van der Waals surface area contributed by atoms with Gasteiger partial charge in [-0.05, 0) is 79.4 Å². The number of pyridine rings is 2. The van der Waals surface area contributed by atoms with E-state index in [1.807, 2.05) is 24.3 Å². The highest BCUT2D eigenvalue weighted by atomic mass is 19.1. The molecular weight excluding hydrogens is 545 g/mol. The molecule has 1 fully saturated rings. The van der Waals surface area contributed by atoms with E-state index in [1.54, 1.807) is 30.9 Å². The molecule has 43 heavy (non-hydrogen) atoms. The van der Waals surface area contributed by atoms with Crippen molar-refractivity contribution in [2.75, 3.05) is 25.5 Å². The van der Waals surface area contributed by atoms with Crippen molar-refractivity contribution in [1.82, 2.24) is 30.5 Å². The van der Waals surface area contributed by atoms with Crippen molar-refractivity contribution in [3.63, 3.8) is 0 Å². The van der Waals surface area contributed by atoms with Gasteiger partial charge in [0, 0.05) is 46.8 Å². The first kappa shape index (κ1) is 26.8. The van der Waals surface area contributed by atoms with Gasteiger partial charge >= 0.3 is 0 Å². The number of piperidine rings is 1. The fraction of sp³-hybridized carbons (Fsp3) is 0.212. The van der Waals surface area contributed by atoms with Gasteiger partial charge in [0.2, 0.25) is 5.91 Å². The first-order chi connectivity index (χ1) is 21.0. The molecule has 0 spiro atoms. The predicted molar refractivity (Wildman–Crippen MR) is 165 cm³/mol. The Balaban J connectivity index is 1.20. The smallest absolute Gasteiger partial charge is 0.224 e. The Bertz CT molecular complexity index is 1960. The predicted octanol–water partition coefficient (Wildman–Crippen LogP) is 6.31. The Morgan fingerprint density at radius 1 is 0.930 bits per heavy atom. The van der Waals surface area contributed by atoms with E-state index in [-0.39, 0.29) is 11.7 Å². The van der Waals surface area contributed by atoms with E-state index in [0.29, 0.717) is 29.3 Å². The van der Waals surface area contributed by atoms with Crippen LogP contribution < -0.4 is 15.4 Å². The molecule has 4 aromatic heterocycles. The van der Waals surface area contributed by atoms with Gasteiger partial charge in [-0.1, -0.05) is 6.07 Å². The van der Waals surface area contributed by atoms with Gasteiger partial charge in [-0.3, -0.25) is 19.9 Å². The summed E-state index contributed by atoms with van der Waals surface area (Å²) in [7, 11) is 1.52. The molecule has 0 atom stereocenters. The number of H-pyrrole nitrogens is 2. The number of nitrogens with one attached hydrogen (secondary N) is 4. The zero-order valence-electron chi connectivity index (χ0n) is 23.6. The largest absolute Gasteiger partial charge is 0.497 e. The summed E-state index contributed by atoms with van der Waals surface area (Å²) in [5.74, 6) is 0.483. The molecule has 216 valence electrons. The lowest BCUT2D eigenvalue weighted by Crippen LogP contribution is -2.30. The molecule has 1 amide bonds. The number of carbonyl (C=O) groups excluding carboxylic acids is 1. The fourth-order valence-electron chi connectivity index (χ4n) is 5.87. The van der Waals surface area contributed by atoms with Crippen LogP contribution in [0.1, 0.15) is 19.3 Å². The minimum Gasteiger partial charge on any atom is -0.497 e. The van der Waals surface area contributed by atoms with Gasteiger partial charge in [0.1, 0.15) is 17.3 Å². The van der Waals surface area contributed by atoms with Crippen LogP contribution in [0.15, 0.2) is 73.3 Å². The highest BCUT2D eigenvalue weighted by molar-refractivity contribution is 6.01. The van der Waals surface area contributed by atoms with Crippen LogP contribution in [0.2, 0.25) is 0 Å². The van der Waals surface area contributed by atoms with Crippen LogP contribution in [0, 0.1) is 11.7 Å². The van der Waals surface area contributed by atoms with Crippen molar-refractivity contribution >= 4 is 33.4 Å². The van der Waals surface area contributed by atoms with Crippen molar-refractivity contribution < 1.29 is 13.9 Å². The molecule has 1 saturated heterocycles. The van der Waals surface area contributed by atoms with E-state index in [0.717, 1.165) is 75.8 Å². The van der Waals surface area contributed by atoms with Crippen LogP contribution in [0.25, 0.3) is 55.4 Å². The lowest BCUT2D eigenvalue weighted by molar-refractivity contribution is -0.117. The van der Waals surface area contributed by atoms with Gasteiger partial charge in [-0.15, -0.1) is 0 Å².